The average molecular weight is 345 g/mol. The summed E-state index contributed by atoms with van der Waals surface area (Å²) in [5, 5.41) is 9.48. The second-order valence-electron chi connectivity index (χ2n) is 4.40. The SMILES string of the molecule is O=C(O)c1cn(-c2ccc(Br)cc2)c2ncccc2c1=O. The van der Waals surface area contributed by atoms with Crippen molar-refractivity contribution in [3.8, 4) is 5.69 Å². The van der Waals surface area contributed by atoms with Crippen molar-refractivity contribution in [2.45, 2.75) is 0 Å². The number of carbonyl (C=O) groups is 1. The van der Waals surface area contributed by atoms with Crippen LogP contribution in [-0.4, -0.2) is 20.6 Å². The van der Waals surface area contributed by atoms with E-state index < -0.39 is 11.4 Å². The van der Waals surface area contributed by atoms with Crippen LogP contribution in [0.4, 0.5) is 0 Å². The first-order chi connectivity index (χ1) is 10.1. The molecular formula is C15H9BrN2O3. The minimum Gasteiger partial charge on any atom is -0.477 e. The lowest BCUT2D eigenvalue weighted by Crippen LogP contribution is -2.18. The molecule has 0 saturated carbocycles. The van der Waals surface area contributed by atoms with Gasteiger partial charge in [0.1, 0.15) is 11.2 Å². The van der Waals surface area contributed by atoms with Gasteiger partial charge in [-0.1, -0.05) is 15.9 Å². The molecule has 0 aliphatic rings. The Labute approximate surface area is 127 Å². The molecule has 0 spiro atoms. The van der Waals surface area contributed by atoms with Gasteiger partial charge in [0.25, 0.3) is 0 Å². The first-order valence-corrected chi connectivity index (χ1v) is 6.87. The number of pyridine rings is 2. The smallest absolute Gasteiger partial charge is 0.341 e. The minimum absolute atomic E-state index is 0.278. The van der Waals surface area contributed by atoms with E-state index in [4.69, 9.17) is 0 Å². The lowest BCUT2D eigenvalue weighted by atomic mass is 10.2. The number of hydrogen-bond donors (Lipinski definition) is 1. The Bertz CT molecular complexity index is 901. The van der Waals surface area contributed by atoms with E-state index in [1.807, 2.05) is 24.3 Å². The van der Waals surface area contributed by atoms with Gasteiger partial charge in [0, 0.05) is 22.6 Å². The van der Waals surface area contributed by atoms with E-state index in [1.54, 1.807) is 22.9 Å². The van der Waals surface area contributed by atoms with Gasteiger partial charge in [-0.15, -0.1) is 0 Å². The maximum atomic E-state index is 12.2. The Morgan fingerprint density at radius 1 is 1.19 bits per heavy atom. The van der Waals surface area contributed by atoms with Gasteiger partial charge in [-0.2, -0.15) is 0 Å². The molecule has 0 radical (unpaired) electrons. The highest BCUT2D eigenvalue weighted by Gasteiger charge is 2.15. The molecule has 0 fully saturated rings. The number of aromatic nitrogens is 2. The maximum Gasteiger partial charge on any atom is 0.341 e. The first kappa shape index (κ1) is 13.5. The van der Waals surface area contributed by atoms with Gasteiger partial charge in [-0.3, -0.25) is 4.79 Å². The van der Waals surface area contributed by atoms with E-state index in [0.29, 0.717) is 5.65 Å². The highest BCUT2D eigenvalue weighted by Crippen LogP contribution is 2.18. The Hall–Kier alpha value is -2.47. The van der Waals surface area contributed by atoms with Crippen LogP contribution in [0.2, 0.25) is 0 Å². The van der Waals surface area contributed by atoms with Gasteiger partial charge >= 0.3 is 5.97 Å². The molecule has 3 aromatic rings. The van der Waals surface area contributed by atoms with Gasteiger partial charge in [0.2, 0.25) is 5.43 Å². The lowest BCUT2D eigenvalue weighted by molar-refractivity contribution is 0.0695. The third-order valence-electron chi connectivity index (χ3n) is 3.10. The second kappa shape index (κ2) is 5.14. The number of rotatable bonds is 2. The molecule has 0 bridgehead atoms. The minimum atomic E-state index is -1.25. The summed E-state index contributed by atoms with van der Waals surface area (Å²) in [5.41, 5.74) is 0.344. The van der Waals surface area contributed by atoms with Gasteiger partial charge < -0.3 is 9.67 Å². The van der Waals surface area contributed by atoms with Crippen molar-refractivity contribution >= 4 is 32.9 Å². The fourth-order valence-corrected chi connectivity index (χ4v) is 2.38. The number of hydrogen-bond acceptors (Lipinski definition) is 3. The largest absolute Gasteiger partial charge is 0.477 e. The normalized spacial score (nSPS) is 10.7. The van der Waals surface area contributed by atoms with Gasteiger partial charge in [-0.25, -0.2) is 9.78 Å². The molecule has 21 heavy (non-hydrogen) atoms. The summed E-state index contributed by atoms with van der Waals surface area (Å²) in [4.78, 5) is 27.6. The van der Waals surface area contributed by atoms with Crippen molar-refractivity contribution in [2.24, 2.45) is 0 Å². The van der Waals surface area contributed by atoms with Crippen LogP contribution in [0.1, 0.15) is 10.4 Å². The summed E-state index contributed by atoms with van der Waals surface area (Å²) in [6, 6.07) is 10.5. The second-order valence-corrected chi connectivity index (χ2v) is 5.31. The Morgan fingerprint density at radius 3 is 2.57 bits per heavy atom. The number of halogens is 1. The number of nitrogens with zero attached hydrogens (tertiary/aromatic N) is 2. The van der Waals surface area contributed by atoms with E-state index in [2.05, 4.69) is 20.9 Å². The monoisotopic (exact) mass is 344 g/mol. The van der Waals surface area contributed by atoms with Crippen LogP contribution >= 0.6 is 15.9 Å². The van der Waals surface area contributed by atoms with E-state index in [-0.39, 0.29) is 10.9 Å². The molecule has 3 rings (SSSR count). The Kier molecular flexibility index (Phi) is 3.31. The number of aromatic carboxylic acids is 1. The molecule has 0 aliphatic heterocycles. The summed E-state index contributed by atoms with van der Waals surface area (Å²) in [6.45, 7) is 0. The zero-order valence-corrected chi connectivity index (χ0v) is 12.2. The number of carboxylic acid groups (broad SMARTS) is 1. The Balaban J connectivity index is 2.41. The fraction of sp³-hybridized carbons (Fsp3) is 0. The fourth-order valence-electron chi connectivity index (χ4n) is 2.11. The van der Waals surface area contributed by atoms with Crippen molar-refractivity contribution in [2.75, 3.05) is 0 Å². The van der Waals surface area contributed by atoms with E-state index in [1.165, 1.54) is 6.20 Å². The molecule has 0 atom stereocenters. The van der Waals surface area contributed by atoms with Gasteiger partial charge in [0.05, 0.1) is 5.39 Å². The average Bonchev–Trinajstić information content (AvgIpc) is 2.49. The molecule has 0 aliphatic carbocycles. The summed E-state index contributed by atoms with van der Waals surface area (Å²) < 4.78 is 2.51. The summed E-state index contributed by atoms with van der Waals surface area (Å²) in [6.07, 6.45) is 2.88. The standard InChI is InChI=1S/C15H9BrN2O3/c16-9-3-5-10(6-4-9)18-8-12(15(20)21)13(19)11-2-1-7-17-14(11)18/h1-8H,(H,20,21). The molecule has 1 N–H and O–H groups in total. The third kappa shape index (κ3) is 2.34. The highest BCUT2D eigenvalue weighted by molar-refractivity contribution is 9.10. The van der Waals surface area contributed by atoms with Crippen LogP contribution in [0.5, 0.6) is 0 Å². The molecule has 1 aromatic carbocycles. The van der Waals surface area contributed by atoms with Crippen LogP contribution in [0.15, 0.2) is 58.1 Å². The molecule has 2 aromatic heterocycles. The first-order valence-electron chi connectivity index (χ1n) is 6.07. The quantitative estimate of drug-likeness (QED) is 0.775. The van der Waals surface area contributed by atoms with Crippen LogP contribution in [0.25, 0.3) is 16.7 Å². The molecule has 0 amide bonds. The highest BCUT2D eigenvalue weighted by atomic mass is 79.9. The van der Waals surface area contributed by atoms with Crippen LogP contribution < -0.4 is 5.43 Å². The zero-order chi connectivity index (χ0) is 15.0. The molecule has 6 heteroatoms. The summed E-state index contributed by atoms with van der Waals surface area (Å²) in [7, 11) is 0. The topological polar surface area (TPSA) is 72.2 Å². The van der Waals surface area contributed by atoms with Crippen LogP contribution in [0.3, 0.4) is 0 Å². The van der Waals surface area contributed by atoms with Crippen molar-refractivity contribution in [3.05, 3.63) is 69.1 Å². The van der Waals surface area contributed by atoms with Crippen LogP contribution in [-0.2, 0) is 0 Å². The number of fused-ring (bicyclic) bond motifs is 1. The predicted octanol–water partition coefficient (Wildman–Crippen LogP) is 2.85. The molecule has 0 saturated heterocycles. The lowest BCUT2D eigenvalue weighted by Gasteiger charge is -2.11. The van der Waals surface area contributed by atoms with E-state index >= 15 is 0 Å². The molecule has 104 valence electrons. The molecule has 5 nitrogen and oxygen atoms in total. The van der Waals surface area contributed by atoms with E-state index in [0.717, 1.165) is 10.2 Å². The van der Waals surface area contributed by atoms with Gasteiger partial charge in [0.15, 0.2) is 0 Å². The molecule has 2 heterocycles. The summed E-state index contributed by atoms with van der Waals surface area (Å²) >= 11 is 3.35. The number of benzene rings is 1. The van der Waals surface area contributed by atoms with Gasteiger partial charge in [-0.05, 0) is 36.4 Å². The predicted molar refractivity (Wildman–Crippen MR) is 82.0 cm³/mol. The summed E-state index contributed by atoms with van der Waals surface area (Å²) in [5.74, 6) is -1.25. The third-order valence-corrected chi connectivity index (χ3v) is 3.63. The van der Waals surface area contributed by atoms with Crippen molar-refractivity contribution in [1.82, 2.24) is 9.55 Å². The zero-order valence-electron chi connectivity index (χ0n) is 10.7. The van der Waals surface area contributed by atoms with Crippen molar-refractivity contribution < 1.29 is 9.90 Å². The molecular weight excluding hydrogens is 336 g/mol. The van der Waals surface area contributed by atoms with Crippen LogP contribution in [0, 0.1) is 0 Å². The van der Waals surface area contributed by atoms with Crippen molar-refractivity contribution in [3.63, 3.8) is 0 Å². The number of carboxylic acids is 1. The molecule has 0 unspecified atom stereocenters. The maximum absolute atomic E-state index is 12.2. The Morgan fingerprint density at radius 2 is 1.90 bits per heavy atom. The van der Waals surface area contributed by atoms with Crippen molar-refractivity contribution in [1.29, 1.82) is 0 Å². The van der Waals surface area contributed by atoms with E-state index in [9.17, 15) is 14.7 Å².